The fourth-order valence-corrected chi connectivity index (χ4v) is 6.32. The van der Waals surface area contributed by atoms with Gasteiger partial charge in [-0.25, -0.2) is 15.8 Å². The Kier molecular flexibility index (Phi) is 12.0. The molecule has 4 unspecified atom stereocenters. The average molecular weight is 659 g/mol. The lowest BCUT2D eigenvalue weighted by Crippen LogP contribution is -2.47. The number of methoxy groups -OCH3 is 1. The van der Waals surface area contributed by atoms with Gasteiger partial charge < -0.3 is 34.6 Å². The van der Waals surface area contributed by atoms with Gasteiger partial charge in [-0.15, -0.1) is 17.8 Å². The summed E-state index contributed by atoms with van der Waals surface area (Å²) in [7, 11) is 4.85. The first kappa shape index (κ1) is 33.7. The van der Waals surface area contributed by atoms with Gasteiger partial charge in [-0.2, -0.15) is 0 Å². The number of nitrogens with two attached hydrogens (primary N) is 2. The van der Waals surface area contributed by atoms with Crippen LogP contribution in [0.3, 0.4) is 0 Å². The number of rotatable bonds is 12. The highest BCUT2D eigenvalue weighted by Gasteiger charge is 2.36. The Morgan fingerprint density at radius 1 is 1.36 bits per heavy atom. The molecule has 234 valence electrons. The summed E-state index contributed by atoms with van der Waals surface area (Å²) in [5.74, 6) is 8.66. The van der Waals surface area contributed by atoms with Crippen LogP contribution in [0.2, 0.25) is 5.15 Å². The molecule has 3 heterocycles. The molecule has 11 nitrogen and oxygen atoms in total. The molecule has 1 aliphatic rings. The number of aromatic nitrogens is 2. The number of benzene rings is 1. The van der Waals surface area contributed by atoms with Crippen molar-refractivity contribution in [1.82, 2.24) is 19.9 Å². The minimum Gasteiger partial charge on any atom is -0.395 e. The summed E-state index contributed by atoms with van der Waals surface area (Å²) >= 11 is 8.51. The molecule has 0 bridgehead atoms. The predicted octanol–water partition coefficient (Wildman–Crippen LogP) is 3.96. The fourth-order valence-electron chi connectivity index (χ4n) is 4.20. The number of hydrazine groups is 1. The van der Waals surface area contributed by atoms with Crippen molar-refractivity contribution in [2.45, 2.75) is 41.9 Å². The van der Waals surface area contributed by atoms with Crippen LogP contribution in [0.1, 0.15) is 39.8 Å². The Hall–Kier alpha value is -3.19. The minimum atomic E-state index is -0.716. The molecular formula is C30H35ClN6O5S2. The van der Waals surface area contributed by atoms with E-state index in [0.717, 1.165) is 5.56 Å². The predicted molar refractivity (Wildman–Crippen MR) is 171 cm³/mol. The van der Waals surface area contributed by atoms with Crippen LogP contribution in [0.25, 0.3) is 5.70 Å². The number of amides is 1. The van der Waals surface area contributed by atoms with Gasteiger partial charge in [0, 0.05) is 55.0 Å². The van der Waals surface area contributed by atoms with Gasteiger partial charge in [0.2, 0.25) is 0 Å². The number of pyridine rings is 1. The van der Waals surface area contributed by atoms with E-state index >= 15 is 0 Å². The normalized spacial score (nSPS) is 20.0. The van der Waals surface area contributed by atoms with Gasteiger partial charge in [0.25, 0.3) is 5.91 Å². The first-order valence-corrected chi connectivity index (χ1v) is 15.7. The van der Waals surface area contributed by atoms with E-state index in [4.69, 9.17) is 48.5 Å². The summed E-state index contributed by atoms with van der Waals surface area (Å²) in [6, 6.07) is 11.4. The molecule has 2 aromatic heterocycles. The fraction of sp³-hybridized carbons (Fsp3) is 0.367. The Bertz CT molecular complexity index is 1480. The van der Waals surface area contributed by atoms with Crippen LogP contribution in [0.5, 0.6) is 0 Å². The van der Waals surface area contributed by atoms with Crippen molar-refractivity contribution >= 4 is 46.3 Å². The van der Waals surface area contributed by atoms with Crippen LogP contribution in [0, 0.1) is 12.3 Å². The number of carbonyl (C=O) groups is 1. The van der Waals surface area contributed by atoms with Crippen molar-refractivity contribution in [1.29, 1.82) is 0 Å². The molecule has 5 atom stereocenters. The van der Waals surface area contributed by atoms with E-state index in [2.05, 4.69) is 15.9 Å². The first-order chi connectivity index (χ1) is 21.1. The second-order valence-electron chi connectivity index (χ2n) is 10.0. The molecule has 0 radical (unpaired) electrons. The van der Waals surface area contributed by atoms with E-state index in [0.29, 0.717) is 26.3 Å². The highest BCUT2D eigenvalue weighted by Crippen LogP contribution is 2.35. The second kappa shape index (κ2) is 15.7. The molecule has 14 heteroatoms. The number of halogens is 1. The Morgan fingerprint density at radius 2 is 2.11 bits per heavy atom. The zero-order valence-electron chi connectivity index (χ0n) is 24.8. The summed E-state index contributed by atoms with van der Waals surface area (Å²) in [6.45, 7) is 2.33. The van der Waals surface area contributed by atoms with Crippen molar-refractivity contribution in [3.8, 4) is 12.3 Å². The number of terminal acetylenes is 1. The van der Waals surface area contributed by atoms with Gasteiger partial charge in [-0.05, 0) is 13.0 Å². The Morgan fingerprint density at radius 3 is 2.73 bits per heavy atom. The van der Waals surface area contributed by atoms with Gasteiger partial charge in [-0.1, -0.05) is 59.6 Å². The molecule has 0 saturated carbocycles. The highest BCUT2D eigenvalue weighted by molar-refractivity contribution is 8.00. The maximum absolute atomic E-state index is 13.1. The Balaban J connectivity index is 1.61. The largest absolute Gasteiger partial charge is 0.395 e. The molecule has 1 saturated heterocycles. The zero-order valence-corrected chi connectivity index (χ0v) is 27.1. The molecule has 1 aliphatic heterocycles. The van der Waals surface area contributed by atoms with Crippen LogP contribution in [-0.2, 0) is 18.9 Å². The maximum Gasteiger partial charge on any atom is 0.273 e. The summed E-state index contributed by atoms with van der Waals surface area (Å²) in [5, 5.41) is 3.94. The number of nitrogens with zero attached hydrogens (tertiary/aromatic N) is 4. The maximum atomic E-state index is 13.1. The average Bonchev–Trinajstić information content (AvgIpc) is 3.46. The minimum absolute atomic E-state index is 0.155. The molecule has 44 heavy (non-hydrogen) atoms. The molecule has 1 aromatic carbocycles. The van der Waals surface area contributed by atoms with Crippen LogP contribution in [0.4, 0.5) is 0 Å². The van der Waals surface area contributed by atoms with E-state index in [1.54, 1.807) is 38.9 Å². The molecule has 0 aliphatic carbocycles. The topological polar surface area (TPSA) is 138 Å². The molecule has 1 amide bonds. The van der Waals surface area contributed by atoms with Gasteiger partial charge in [0.15, 0.2) is 6.29 Å². The lowest BCUT2D eigenvalue weighted by molar-refractivity contribution is -0.266. The van der Waals surface area contributed by atoms with E-state index < -0.39 is 23.9 Å². The van der Waals surface area contributed by atoms with E-state index in [1.165, 1.54) is 39.2 Å². The van der Waals surface area contributed by atoms with Crippen molar-refractivity contribution in [3.05, 3.63) is 81.2 Å². The lowest BCUT2D eigenvalue weighted by Gasteiger charge is -2.38. The first-order valence-electron chi connectivity index (χ1n) is 13.5. The smallest absolute Gasteiger partial charge is 0.273 e. The van der Waals surface area contributed by atoms with Crippen molar-refractivity contribution in [2.24, 2.45) is 11.6 Å². The molecule has 4 N–H and O–H groups in total. The van der Waals surface area contributed by atoms with Gasteiger partial charge >= 0.3 is 0 Å². The Labute approximate surface area is 270 Å². The summed E-state index contributed by atoms with van der Waals surface area (Å²) in [4.78, 5) is 23.6. The van der Waals surface area contributed by atoms with Crippen LogP contribution >= 0.6 is 34.7 Å². The van der Waals surface area contributed by atoms with Crippen LogP contribution in [-0.4, -0.2) is 83.9 Å². The van der Waals surface area contributed by atoms with E-state index in [9.17, 15) is 4.79 Å². The van der Waals surface area contributed by atoms with Gasteiger partial charge in [0.1, 0.15) is 33.5 Å². The zero-order chi connectivity index (χ0) is 31.8. The van der Waals surface area contributed by atoms with Crippen LogP contribution in [0.15, 0.2) is 59.1 Å². The quantitative estimate of drug-likeness (QED) is 0.0961. The summed E-state index contributed by atoms with van der Waals surface area (Å²) in [5.41, 5.74) is 7.49. The van der Waals surface area contributed by atoms with Crippen molar-refractivity contribution in [3.63, 3.8) is 0 Å². The molecular weight excluding hydrogens is 624 g/mol. The number of ether oxygens (including phenoxy) is 4. The standard InChI is InChI=1S/C30H35ClN6O5S2/c1-6-19-12-24(26(34-13-19)28(38)36(3)4)44-30(22(39-5)15-37(33)14-21(32)27-35-25(31)17-43-27)42-23-16-40-29(41-18(23)2)20-10-8-7-9-11-20/h1,7-14,17-18,22-23,29-30H,15-16,32-33H2,2-5H3/b21-14-/t18?,22-,23?,29?,30?/m0/s1. The van der Waals surface area contributed by atoms with E-state index in [-0.39, 0.29) is 30.9 Å². The third kappa shape index (κ3) is 8.71. The number of carbonyl (C=O) groups excluding carboxylic acids is 1. The molecule has 1 fully saturated rings. The molecule has 3 aromatic rings. The number of thiazole rings is 1. The molecule has 4 rings (SSSR count). The van der Waals surface area contributed by atoms with Crippen molar-refractivity contribution < 1.29 is 23.7 Å². The molecule has 0 spiro atoms. The van der Waals surface area contributed by atoms with Crippen molar-refractivity contribution in [2.75, 3.05) is 34.4 Å². The third-order valence-electron chi connectivity index (χ3n) is 6.55. The summed E-state index contributed by atoms with van der Waals surface area (Å²) < 4.78 is 24.8. The van der Waals surface area contributed by atoms with Gasteiger partial charge in [0.05, 0.1) is 25.0 Å². The monoisotopic (exact) mass is 658 g/mol. The third-order valence-corrected chi connectivity index (χ3v) is 8.98. The van der Waals surface area contributed by atoms with E-state index in [1.807, 2.05) is 37.3 Å². The second-order valence-corrected chi connectivity index (χ2v) is 12.4. The highest BCUT2D eigenvalue weighted by atomic mass is 35.5. The SMILES string of the molecule is C#Cc1cnc(C(=O)N(C)C)c(SC(OC2COC(c3ccccc3)OC2C)[C@H](CN(N)/C=C(\N)c2nc(Cl)cs2)OC)c1. The number of thioether (sulfide) groups is 1. The lowest BCUT2D eigenvalue weighted by atomic mass is 10.1. The summed E-state index contributed by atoms with van der Waals surface area (Å²) in [6.07, 6.45) is 6.72. The van der Waals surface area contributed by atoms with Gasteiger partial charge in [-0.3, -0.25) is 4.79 Å². The number of hydrogen-bond donors (Lipinski definition) is 2. The van der Waals surface area contributed by atoms with Crippen LogP contribution < -0.4 is 11.6 Å². The number of hydrogen-bond acceptors (Lipinski definition) is 12.